The fourth-order valence-electron chi connectivity index (χ4n) is 1.70. The van der Waals surface area contributed by atoms with Crippen molar-refractivity contribution < 1.29 is 4.79 Å². The van der Waals surface area contributed by atoms with Crippen molar-refractivity contribution in [3.63, 3.8) is 0 Å². The lowest BCUT2D eigenvalue weighted by Crippen LogP contribution is -2.46. The van der Waals surface area contributed by atoms with E-state index < -0.39 is 0 Å². The van der Waals surface area contributed by atoms with Gasteiger partial charge in [0.1, 0.15) is 0 Å². The summed E-state index contributed by atoms with van der Waals surface area (Å²) in [6.07, 6.45) is 1.01. The standard InChI is InChI=1S/C11H16N2OS/c1-2-9-7-10(15-8-9)11(14)13-5-3-12-4-6-13/h7-8,12H,2-6H2,1H3. The molecule has 1 aliphatic heterocycles. The molecule has 2 heterocycles. The third-order valence-electron chi connectivity index (χ3n) is 2.68. The number of hydrogen-bond donors (Lipinski definition) is 1. The average molecular weight is 224 g/mol. The van der Waals surface area contributed by atoms with E-state index in [-0.39, 0.29) is 5.91 Å². The molecule has 1 amide bonds. The second-order valence-electron chi connectivity index (χ2n) is 3.71. The molecule has 1 saturated heterocycles. The third-order valence-corrected chi connectivity index (χ3v) is 3.64. The van der Waals surface area contributed by atoms with Crippen LogP contribution in [0.3, 0.4) is 0 Å². The van der Waals surface area contributed by atoms with Crippen molar-refractivity contribution in [3.8, 4) is 0 Å². The van der Waals surface area contributed by atoms with Crippen LogP contribution in [0.25, 0.3) is 0 Å². The summed E-state index contributed by atoms with van der Waals surface area (Å²) in [6, 6.07) is 2.02. The number of aryl methyl sites for hydroxylation is 1. The molecule has 0 bridgehead atoms. The van der Waals surface area contributed by atoms with Gasteiger partial charge >= 0.3 is 0 Å². The number of nitrogens with one attached hydrogen (secondary N) is 1. The molecule has 2 rings (SSSR count). The number of rotatable bonds is 2. The maximum Gasteiger partial charge on any atom is 0.264 e. The Morgan fingerprint density at radius 2 is 2.27 bits per heavy atom. The van der Waals surface area contributed by atoms with Crippen LogP contribution in [0.1, 0.15) is 22.2 Å². The van der Waals surface area contributed by atoms with E-state index in [0.717, 1.165) is 37.5 Å². The Morgan fingerprint density at radius 3 is 2.87 bits per heavy atom. The zero-order chi connectivity index (χ0) is 10.7. The molecule has 0 aromatic carbocycles. The van der Waals surface area contributed by atoms with Crippen molar-refractivity contribution in [1.29, 1.82) is 0 Å². The fraction of sp³-hybridized carbons (Fsp3) is 0.545. The van der Waals surface area contributed by atoms with Crippen molar-refractivity contribution in [2.24, 2.45) is 0 Å². The van der Waals surface area contributed by atoms with Crippen LogP contribution < -0.4 is 5.32 Å². The van der Waals surface area contributed by atoms with Gasteiger partial charge in [-0.25, -0.2) is 0 Å². The molecule has 82 valence electrons. The zero-order valence-corrected chi connectivity index (χ0v) is 9.77. The highest BCUT2D eigenvalue weighted by Crippen LogP contribution is 2.17. The first-order chi connectivity index (χ1) is 7.31. The Hall–Kier alpha value is -0.870. The van der Waals surface area contributed by atoms with Gasteiger partial charge in [0.05, 0.1) is 4.88 Å². The van der Waals surface area contributed by atoms with Gasteiger partial charge in [-0.2, -0.15) is 0 Å². The SMILES string of the molecule is CCc1csc(C(=O)N2CCNCC2)c1. The smallest absolute Gasteiger partial charge is 0.264 e. The molecule has 0 saturated carbocycles. The van der Waals surface area contributed by atoms with E-state index in [1.54, 1.807) is 11.3 Å². The van der Waals surface area contributed by atoms with Crippen molar-refractivity contribution >= 4 is 17.2 Å². The second-order valence-corrected chi connectivity index (χ2v) is 4.63. The second kappa shape index (κ2) is 4.77. The van der Waals surface area contributed by atoms with Crippen LogP contribution in [0.2, 0.25) is 0 Å². The molecular weight excluding hydrogens is 208 g/mol. The molecule has 4 heteroatoms. The van der Waals surface area contributed by atoms with Crippen LogP contribution in [0, 0.1) is 0 Å². The summed E-state index contributed by atoms with van der Waals surface area (Å²) in [4.78, 5) is 14.9. The molecule has 15 heavy (non-hydrogen) atoms. The Balaban J connectivity index is 2.05. The van der Waals surface area contributed by atoms with Gasteiger partial charge in [-0.15, -0.1) is 11.3 Å². The quantitative estimate of drug-likeness (QED) is 0.822. The normalized spacial score (nSPS) is 16.7. The molecule has 0 aliphatic carbocycles. The first-order valence-electron chi connectivity index (χ1n) is 5.38. The Bertz CT molecular complexity index is 342. The van der Waals surface area contributed by atoms with Crippen LogP contribution in [-0.4, -0.2) is 37.0 Å². The molecule has 1 aliphatic rings. The molecule has 0 unspecified atom stereocenters. The van der Waals surface area contributed by atoms with Gasteiger partial charge in [0.15, 0.2) is 0 Å². The van der Waals surface area contributed by atoms with E-state index in [2.05, 4.69) is 17.6 Å². The summed E-state index contributed by atoms with van der Waals surface area (Å²) in [5.74, 6) is 0.196. The number of piperazine rings is 1. The van der Waals surface area contributed by atoms with Gasteiger partial charge in [0.25, 0.3) is 5.91 Å². The van der Waals surface area contributed by atoms with Crippen molar-refractivity contribution in [2.75, 3.05) is 26.2 Å². The number of hydrogen-bond acceptors (Lipinski definition) is 3. The van der Waals surface area contributed by atoms with Crippen LogP contribution in [0.15, 0.2) is 11.4 Å². The first-order valence-corrected chi connectivity index (χ1v) is 6.26. The number of amides is 1. The maximum atomic E-state index is 12.0. The molecule has 3 nitrogen and oxygen atoms in total. The predicted octanol–water partition coefficient (Wildman–Crippen LogP) is 1.36. The molecular formula is C11H16N2OS. The minimum atomic E-state index is 0.196. The van der Waals surface area contributed by atoms with Crippen LogP contribution in [0.4, 0.5) is 0 Å². The van der Waals surface area contributed by atoms with E-state index in [4.69, 9.17) is 0 Å². The highest BCUT2D eigenvalue weighted by atomic mass is 32.1. The highest BCUT2D eigenvalue weighted by molar-refractivity contribution is 7.12. The molecule has 1 aromatic heterocycles. The third kappa shape index (κ3) is 2.38. The van der Waals surface area contributed by atoms with E-state index in [1.807, 2.05) is 11.0 Å². The minimum absolute atomic E-state index is 0.196. The van der Waals surface area contributed by atoms with Crippen molar-refractivity contribution in [1.82, 2.24) is 10.2 Å². The highest BCUT2D eigenvalue weighted by Gasteiger charge is 2.18. The van der Waals surface area contributed by atoms with Crippen LogP contribution in [0.5, 0.6) is 0 Å². The van der Waals surface area contributed by atoms with Gasteiger partial charge in [-0.1, -0.05) is 6.92 Å². The largest absolute Gasteiger partial charge is 0.335 e. The first kappa shape index (κ1) is 10.6. The predicted molar refractivity (Wildman–Crippen MR) is 62.5 cm³/mol. The van der Waals surface area contributed by atoms with Crippen molar-refractivity contribution in [2.45, 2.75) is 13.3 Å². The molecule has 1 N–H and O–H groups in total. The lowest BCUT2D eigenvalue weighted by Gasteiger charge is -2.26. The van der Waals surface area contributed by atoms with E-state index in [0.29, 0.717) is 0 Å². The summed E-state index contributed by atoms with van der Waals surface area (Å²) < 4.78 is 0. The molecule has 0 atom stereocenters. The lowest BCUT2D eigenvalue weighted by atomic mass is 10.2. The zero-order valence-electron chi connectivity index (χ0n) is 8.95. The van der Waals surface area contributed by atoms with Gasteiger partial charge < -0.3 is 10.2 Å². The Kier molecular flexibility index (Phi) is 3.38. The molecule has 0 radical (unpaired) electrons. The monoisotopic (exact) mass is 224 g/mol. The molecule has 1 aromatic rings. The summed E-state index contributed by atoms with van der Waals surface area (Å²) in [7, 11) is 0. The Labute approximate surface area is 94.1 Å². The summed E-state index contributed by atoms with van der Waals surface area (Å²) >= 11 is 1.56. The molecule has 1 fully saturated rings. The van der Waals surface area contributed by atoms with Gasteiger partial charge in [0.2, 0.25) is 0 Å². The summed E-state index contributed by atoms with van der Waals surface area (Å²) in [5, 5.41) is 5.33. The van der Waals surface area contributed by atoms with Crippen molar-refractivity contribution in [3.05, 3.63) is 21.9 Å². The maximum absolute atomic E-state index is 12.0. The van der Waals surface area contributed by atoms with E-state index in [1.165, 1.54) is 5.56 Å². The minimum Gasteiger partial charge on any atom is -0.335 e. The number of carbonyl (C=O) groups is 1. The van der Waals surface area contributed by atoms with E-state index >= 15 is 0 Å². The van der Waals surface area contributed by atoms with Gasteiger partial charge in [-0.3, -0.25) is 4.79 Å². The van der Waals surface area contributed by atoms with Crippen LogP contribution >= 0.6 is 11.3 Å². The topological polar surface area (TPSA) is 32.3 Å². The number of nitrogens with zero attached hydrogens (tertiary/aromatic N) is 1. The molecule has 0 spiro atoms. The lowest BCUT2D eigenvalue weighted by molar-refractivity contribution is 0.0740. The van der Waals surface area contributed by atoms with E-state index in [9.17, 15) is 4.79 Å². The summed E-state index contributed by atoms with van der Waals surface area (Å²) in [5.41, 5.74) is 1.26. The Morgan fingerprint density at radius 1 is 1.53 bits per heavy atom. The number of thiophene rings is 1. The summed E-state index contributed by atoms with van der Waals surface area (Å²) in [6.45, 7) is 5.60. The average Bonchev–Trinajstić information content (AvgIpc) is 2.78. The van der Waals surface area contributed by atoms with Gasteiger partial charge in [-0.05, 0) is 23.4 Å². The van der Waals surface area contributed by atoms with Gasteiger partial charge in [0, 0.05) is 26.2 Å². The number of carbonyl (C=O) groups excluding carboxylic acids is 1. The van der Waals surface area contributed by atoms with Crippen LogP contribution in [-0.2, 0) is 6.42 Å². The fourth-order valence-corrected chi connectivity index (χ4v) is 2.66.